The maximum Gasteiger partial charge on any atom is 0.0973 e. The molecule has 278 valence electrons. The summed E-state index contributed by atoms with van der Waals surface area (Å²) < 4.78 is 12.5. The molecule has 1 heterocycles. The molecule has 3 nitrogen and oxygen atoms in total. The highest BCUT2D eigenvalue weighted by Gasteiger charge is 2.28. The van der Waals surface area contributed by atoms with Gasteiger partial charge in [0, 0.05) is 26.3 Å². The molecule has 0 aliphatic carbocycles. The third-order valence-electron chi connectivity index (χ3n) is 10.1. The molecule has 0 radical (unpaired) electrons. The van der Waals surface area contributed by atoms with E-state index in [2.05, 4.69) is 43.5 Å². The Morgan fingerprint density at radius 2 is 0.617 bits per heavy atom. The Balaban J connectivity index is 1.79. The third kappa shape index (κ3) is 32.3. The lowest BCUT2D eigenvalue weighted by molar-refractivity contribution is -0.0481. The number of hydrogen-bond donors (Lipinski definition) is 1. The summed E-state index contributed by atoms with van der Waals surface area (Å²) in [7, 11) is 0. The van der Waals surface area contributed by atoms with Gasteiger partial charge in [0.2, 0.25) is 0 Å². The van der Waals surface area contributed by atoms with Crippen molar-refractivity contribution in [3.8, 4) is 0 Å². The van der Waals surface area contributed by atoms with E-state index in [-0.39, 0.29) is 12.2 Å². The number of allylic oxidation sites excluding steroid dienone is 4. The molecule has 2 atom stereocenters. The van der Waals surface area contributed by atoms with Gasteiger partial charge in [-0.3, -0.25) is 0 Å². The summed E-state index contributed by atoms with van der Waals surface area (Å²) in [5.74, 6) is 0. The molecule has 3 heteroatoms. The first-order chi connectivity index (χ1) is 23.4. The molecule has 1 aliphatic heterocycles. The predicted molar refractivity (Wildman–Crippen MR) is 210 cm³/mol. The molecule has 0 spiro atoms. The lowest BCUT2D eigenvalue weighted by Crippen LogP contribution is -2.30. The molecule has 0 unspecified atom stereocenters. The molecule has 0 aromatic heterocycles. The second-order valence-electron chi connectivity index (χ2n) is 14.8. The van der Waals surface area contributed by atoms with Crippen molar-refractivity contribution in [2.45, 2.75) is 232 Å². The predicted octanol–water partition coefficient (Wildman–Crippen LogP) is 14.0. The van der Waals surface area contributed by atoms with Crippen LogP contribution >= 0.6 is 0 Å². The highest BCUT2D eigenvalue weighted by atomic mass is 16.5. The summed E-state index contributed by atoms with van der Waals surface area (Å²) in [5.41, 5.74) is 0. The summed E-state index contributed by atoms with van der Waals surface area (Å²) in [6, 6.07) is 0. The van der Waals surface area contributed by atoms with Crippen LogP contribution in [0.1, 0.15) is 219 Å². The van der Waals surface area contributed by atoms with Crippen molar-refractivity contribution in [1.29, 1.82) is 0 Å². The second-order valence-corrected chi connectivity index (χ2v) is 14.8. The lowest BCUT2D eigenvalue weighted by Gasteiger charge is -2.20. The van der Waals surface area contributed by atoms with Gasteiger partial charge in [-0.25, -0.2) is 0 Å². The van der Waals surface area contributed by atoms with Crippen molar-refractivity contribution in [2.24, 2.45) is 0 Å². The van der Waals surface area contributed by atoms with Crippen LogP contribution in [0.2, 0.25) is 0 Å². The highest BCUT2D eigenvalue weighted by molar-refractivity contribution is 4.83. The zero-order valence-electron chi connectivity index (χ0n) is 32.2. The van der Waals surface area contributed by atoms with Gasteiger partial charge in [0.15, 0.2) is 0 Å². The van der Waals surface area contributed by atoms with E-state index in [0.29, 0.717) is 0 Å². The van der Waals surface area contributed by atoms with E-state index in [1.54, 1.807) is 0 Å². The quantitative estimate of drug-likeness (QED) is 0.0528. The molecule has 1 rings (SSSR count). The smallest absolute Gasteiger partial charge is 0.0973 e. The summed E-state index contributed by atoms with van der Waals surface area (Å²) in [5, 5.41) is 3.49. The van der Waals surface area contributed by atoms with Crippen molar-refractivity contribution in [3.05, 3.63) is 24.3 Å². The third-order valence-corrected chi connectivity index (χ3v) is 10.1. The van der Waals surface area contributed by atoms with E-state index >= 15 is 0 Å². The van der Waals surface area contributed by atoms with Crippen molar-refractivity contribution in [1.82, 2.24) is 5.32 Å². The Morgan fingerprint density at radius 3 is 0.915 bits per heavy atom. The minimum absolute atomic E-state index is 0.250. The van der Waals surface area contributed by atoms with Crippen LogP contribution in [0.5, 0.6) is 0 Å². The van der Waals surface area contributed by atoms with Gasteiger partial charge in [-0.05, 0) is 64.2 Å². The molecule has 1 N–H and O–H groups in total. The van der Waals surface area contributed by atoms with E-state index in [1.165, 1.54) is 205 Å². The minimum atomic E-state index is 0.250. The van der Waals surface area contributed by atoms with Crippen LogP contribution in [0.4, 0.5) is 0 Å². The first-order valence-electron chi connectivity index (χ1n) is 21.6. The molecular weight excluding hydrogens is 574 g/mol. The SMILES string of the molecule is CCCCCCCC/C=C\CCCCCCCCCCO[C@@H]1CNC[C@H]1OCCCCCCCCCC/C=C\CCCCCCCC. The maximum absolute atomic E-state index is 6.24. The first kappa shape index (κ1) is 44.4. The number of unbranched alkanes of at least 4 members (excludes halogenated alkanes) is 28. The average molecular weight is 660 g/mol. The molecule has 1 saturated heterocycles. The Morgan fingerprint density at radius 1 is 0.362 bits per heavy atom. The molecule has 1 fully saturated rings. The van der Waals surface area contributed by atoms with Crippen LogP contribution in [0.15, 0.2) is 24.3 Å². The average Bonchev–Trinajstić information content (AvgIpc) is 3.53. The van der Waals surface area contributed by atoms with E-state index in [9.17, 15) is 0 Å². The molecule has 0 aromatic carbocycles. The molecule has 0 saturated carbocycles. The molecule has 1 aliphatic rings. The fourth-order valence-corrected chi connectivity index (χ4v) is 6.84. The Bertz CT molecular complexity index is 593. The fourth-order valence-electron chi connectivity index (χ4n) is 6.84. The summed E-state index contributed by atoms with van der Waals surface area (Å²) in [6.45, 7) is 8.28. The zero-order valence-corrected chi connectivity index (χ0v) is 32.2. The lowest BCUT2D eigenvalue weighted by atomic mass is 10.1. The van der Waals surface area contributed by atoms with Gasteiger partial charge in [-0.1, -0.05) is 179 Å². The standard InChI is InChI=1S/C44H85NO2/c1-3-5-7-9-11-13-15-17-19-21-23-25-27-29-31-33-35-37-39-46-43-41-45-42-44(43)47-40-38-36-34-32-30-28-26-24-22-20-18-16-14-12-10-8-6-4-2/h17-20,43-45H,3-16,21-42H2,1-2H3/b19-17-,20-18-/t43-,44-/m1/s1. The van der Waals surface area contributed by atoms with E-state index < -0.39 is 0 Å². The summed E-state index contributed by atoms with van der Waals surface area (Å²) in [4.78, 5) is 0. The second kappa shape index (κ2) is 38.2. The normalized spacial score (nSPS) is 16.8. The summed E-state index contributed by atoms with van der Waals surface area (Å²) in [6.07, 6.45) is 53.9. The first-order valence-corrected chi connectivity index (χ1v) is 21.6. The fraction of sp³-hybridized carbons (Fsp3) is 0.909. The minimum Gasteiger partial charge on any atom is -0.374 e. The van der Waals surface area contributed by atoms with Crippen LogP contribution in [0.3, 0.4) is 0 Å². The van der Waals surface area contributed by atoms with Gasteiger partial charge in [-0.2, -0.15) is 0 Å². The Labute approximate surface area is 296 Å². The maximum atomic E-state index is 6.24. The van der Waals surface area contributed by atoms with Crippen molar-refractivity contribution < 1.29 is 9.47 Å². The van der Waals surface area contributed by atoms with Crippen molar-refractivity contribution in [2.75, 3.05) is 26.3 Å². The zero-order chi connectivity index (χ0) is 33.6. The molecular formula is C44H85NO2. The van der Waals surface area contributed by atoms with Crippen LogP contribution < -0.4 is 5.32 Å². The van der Waals surface area contributed by atoms with Crippen molar-refractivity contribution in [3.63, 3.8) is 0 Å². The molecule has 0 amide bonds. The molecule has 47 heavy (non-hydrogen) atoms. The summed E-state index contributed by atoms with van der Waals surface area (Å²) >= 11 is 0. The van der Waals surface area contributed by atoms with Crippen LogP contribution in [-0.2, 0) is 9.47 Å². The topological polar surface area (TPSA) is 30.5 Å². The number of ether oxygens (including phenoxy) is 2. The highest BCUT2D eigenvalue weighted by Crippen LogP contribution is 2.15. The largest absolute Gasteiger partial charge is 0.374 e. The van der Waals surface area contributed by atoms with Gasteiger partial charge >= 0.3 is 0 Å². The monoisotopic (exact) mass is 660 g/mol. The van der Waals surface area contributed by atoms with Crippen molar-refractivity contribution >= 4 is 0 Å². The number of rotatable bonds is 38. The van der Waals surface area contributed by atoms with Gasteiger partial charge in [0.25, 0.3) is 0 Å². The van der Waals surface area contributed by atoms with Gasteiger partial charge in [-0.15, -0.1) is 0 Å². The van der Waals surface area contributed by atoms with E-state index in [1.807, 2.05) is 0 Å². The van der Waals surface area contributed by atoms with Gasteiger partial charge < -0.3 is 14.8 Å². The Hall–Kier alpha value is -0.640. The van der Waals surface area contributed by atoms with Crippen LogP contribution in [0.25, 0.3) is 0 Å². The Kier molecular flexibility index (Phi) is 36.0. The van der Waals surface area contributed by atoms with Gasteiger partial charge in [0.05, 0.1) is 12.2 Å². The van der Waals surface area contributed by atoms with Gasteiger partial charge in [0.1, 0.15) is 0 Å². The number of nitrogens with one attached hydrogen (secondary N) is 1. The number of hydrogen-bond acceptors (Lipinski definition) is 3. The van der Waals surface area contributed by atoms with Crippen LogP contribution in [-0.4, -0.2) is 38.5 Å². The molecule has 0 aromatic rings. The van der Waals surface area contributed by atoms with E-state index in [4.69, 9.17) is 9.47 Å². The van der Waals surface area contributed by atoms with E-state index in [0.717, 1.165) is 26.3 Å². The molecule has 0 bridgehead atoms. The van der Waals surface area contributed by atoms with Crippen LogP contribution in [0, 0.1) is 0 Å².